The zero-order valence-electron chi connectivity index (χ0n) is 14.6. The first-order chi connectivity index (χ1) is 12.8. The summed E-state index contributed by atoms with van der Waals surface area (Å²) in [5, 5.41) is 20.0. The van der Waals surface area contributed by atoms with Crippen LogP contribution >= 0.6 is 0 Å². The van der Waals surface area contributed by atoms with E-state index in [1.54, 1.807) is 11.0 Å². The van der Waals surface area contributed by atoms with Crippen LogP contribution in [0, 0.1) is 16.0 Å². The highest BCUT2D eigenvalue weighted by molar-refractivity contribution is 5.88. The molecule has 1 N–H and O–H groups in total. The number of carbonyl (C=O) groups excluding carboxylic acids is 1. The molecule has 27 heavy (non-hydrogen) atoms. The molecule has 1 unspecified atom stereocenters. The van der Waals surface area contributed by atoms with Gasteiger partial charge in [0.1, 0.15) is 11.5 Å². The number of hydrogen-bond donors (Lipinski definition) is 1. The lowest BCUT2D eigenvalue weighted by Gasteiger charge is -2.19. The molecule has 3 rings (SSSR count). The number of nitro groups is 1. The van der Waals surface area contributed by atoms with E-state index in [0.29, 0.717) is 36.6 Å². The highest BCUT2D eigenvalue weighted by Gasteiger charge is 2.27. The van der Waals surface area contributed by atoms with Crippen LogP contribution in [-0.2, 0) is 11.3 Å². The van der Waals surface area contributed by atoms with Crippen molar-refractivity contribution in [3.8, 4) is 11.5 Å². The van der Waals surface area contributed by atoms with Gasteiger partial charge < -0.3 is 14.7 Å². The third-order valence-corrected chi connectivity index (χ3v) is 4.36. The Kier molecular flexibility index (Phi) is 5.07. The molecule has 0 aromatic heterocycles. The van der Waals surface area contributed by atoms with Crippen LogP contribution in [0.3, 0.4) is 0 Å². The molecule has 0 saturated carbocycles. The molecule has 1 amide bonds. The van der Waals surface area contributed by atoms with E-state index in [2.05, 4.69) is 0 Å². The van der Waals surface area contributed by atoms with Crippen LogP contribution in [0.4, 0.5) is 5.69 Å². The number of rotatable bonds is 6. The molecule has 0 spiro atoms. The third-order valence-electron chi connectivity index (χ3n) is 4.36. The first-order valence-electron chi connectivity index (χ1n) is 8.40. The van der Waals surface area contributed by atoms with Gasteiger partial charge in [-0.25, -0.2) is 4.79 Å². The molecule has 1 aliphatic rings. The number of likely N-dealkylation sites (tertiary alicyclic amines) is 1. The van der Waals surface area contributed by atoms with Crippen molar-refractivity contribution in [1.82, 2.24) is 4.90 Å². The summed E-state index contributed by atoms with van der Waals surface area (Å²) in [7, 11) is 0. The number of carboxylic acid groups (broad SMARTS) is 1. The summed E-state index contributed by atoms with van der Waals surface area (Å²) in [5.41, 5.74) is 0.649. The molecular weight excluding hydrogens is 352 g/mol. The summed E-state index contributed by atoms with van der Waals surface area (Å²) in [4.78, 5) is 35.3. The number of aromatic carboxylic acids is 1. The Morgan fingerprint density at radius 1 is 1.30 bits per heavy atom. The molecule has 1 atom stereocenters. The summed E-state index contributed by atoms with van der Waals surface area (Å²) in [5.74, 6) is -0.136. The first-order valence-corrected chi connectivity index (χ1v) is 8.40. The maximum absolute atomic E-state index is 12.1. The number of nitro benzene ring substituents is 1. The van der Waals surface area contributed by atoms with Crippen LogP contribution in [0.2, 0.25) is 0 Å². The van der Waals surface area contributed by atoms with E-state index in [1.807, 2.05) is 6.92 Å². The van der Waals surface area contributed by atoms with Crippen molar-refractivity contribution in [2.24, 2.45) is 5.92 Å². The van der Waals surface area contributed by atoms with Gasteiger partial charge in [0.25, 0.3) is 5.69 Å². The molecule has 0 radical (unpaired) electrons. The number of hydrogen-bond acceptors (Lipinski definition) is 5. The lowest BCUT2D eigenvalue weighted by atomic mass is 10.1. The fraction of sp³-hybridized carbons (Fsp3) is 0.263. The van der Waals surface area contributed by atoms with Crippen LogP contribution in [-0.4, -0.2) is 33.4 Å². The molecule has 8 nitrogen and oxygen atoms in total. The third kappa shape index (κ3) is 4.22. The van der Waals surface area contributed by atoms with Gasteiger partial charge in [-0.3, -0.25) is 14.9 Å². The molecular formula is C19H18N2O6. The Labute approximate surface area is 155 Å². The highest BCUT2D eigenvalue weighted by atomic mass is 16.6. The first kappa shape index (κ1) is 18.4. The smallest absolute Gasteiger partial charge is 0.335 e. The van der Waals surface area contributed by atoms with Crippen molar-refractivity contribution in [3.63, 3.8) is 0 Å². The normalized spacial score (nSPS) is 16.4. The Morgan fingerprint density at radius 3 is 2.56 bits per heavy atom. The maximum atomic E-state index is 12.1. The van der Waals surface area contributed by atoms with Crippen LogP contribution in [0.25, 0.3) is 0 Å². The van der Waals surface area contributed by atoms with Crippen LogP contribution in [0.15, 0.2) is 42.5 Å². The van der Waals surface area contributed by atoms with Gasteiger partial charge in [-0.15, -0.1) is 0 Å². The molecule has 1 fully saturated rings. The SMILES string of the molecule is CC1CC(=O)N(Cc2ccc(C(=O)O)cc2Oc2ccc([N+](=O)[O-])cc2)C1. The molecule has 0 bridgehead atoms. The second-order valence-corrected chi connectivity index (χ2v) is 6.56. The second kappa shape index (κ2) is 7.45. The van der Waals surface area contributed by atoms with Gasteiger partial charge in [-0.2, -0.15) is 0 Å². The average molecular weight is 370 g/mol. The van der Waals surface area contributed by atoms with Crippen molar-refractivity contribution in [2.75, 3.05) is 6.54 Å². The molecule has 1 heterocycles. The zero-order valence-corrected chi connectivity index (χ0v) is 14.6. The van der Waals surface area contributed by atoms with E-state index in [0.717, 1.165) is 0 Å². The van der Waals surface area contributed by atoms with E-state index in [-0.39, 0.29) is 23.1 Å². The summed E-state index contributed by atoms with van der Waals surface area (Å²) in [6, 6.07) is 9.98. The summed E-state index contributed by atoms with van der Waals surface area (Å²) >= 11 is 0. The van der Waals surface area contributed by atoms with Crippen LogP contribution in [0.5, 0.6) is 11.5 Å². The molecule has 0 aliphatic carbocycles. The minimum Gasteiger partial charge on any atom is -0.478 e. The summed E-state index contributed by atoms with van der Waals surface area (Å²) in [6.45, 7) is 2.95. The predicted octanol–water partition coefficient (Wildman–Crippen LogP) is 3.45. The lowest BCUT2D eigenvalue weighted by Crippen LogP contribution is -2.24. The maximum Gasteiger partial charge on any atom is 0.335 e. The van der Waals surface area contributed by atoms with Gasteiger partial charge >= 0.3 is 5.97 Å². The topological polar surface area (TPSA) is 110 Å². The van der Waals surface area contributed by atoms with Gasteiger partial charge in [0, 0.05) is 37.2 Å². The van der Waals surface area contributed by atoms with E-state index < -0.39 is 10.9 Å². The lowest BCUT2D eigenvalue weighted by molar-refractivity contribution is -0.384. The molecule has 2 aromatic rings. The molecule has 1 aliphatic heterocycles. The Morgan fingerprint density at radius 2 is 2.00 bits per heavy atom. The standard InChI is InChI=1S/C19H18N2O6/c1-12-8-18(22)20(10-12)11-14-3-2-13(19(23)24)9-17(14)27-16-6-4-15(5-7-16)21(25)26/h2-7,9,12H,8,10-11H2,1H3,(H,23,24). The monoisotopic (exact) mass is 370 g/mol. The second-order valence-electron chi connectivity index (χ2n) is 6.56. The van der Waals surface area contributed by atoms with Crippen molar-refractivity contribution in [2.45, 2.75) is 19.9 Å². The summed E-state index contributed by atoms with van der Waals surface area (Å²) < 4.78 is 5.78. The zero-order chi connectivity index (χ0) is 19.6. The Bertz CT molecular complexity index is 894. The van der Waals surface area contributed by atoms with Gasteiger partial charge in [0.15, 0.2) is 0 Å². The van der Waals surface area contributed by atoms with Gasteiger partial charge in [0.2, 0.25) is 5.91 Å². The van der Waals surface area contributed by atoms with Gasteiger partial charge in [0.05, 0.1) is 10.5 Å². The number of nitrogens with zero attached hydrogens (tertiary/aromatic N) is 2. The fourth-order valence-electron chi connectivity index (χ4n) is 3.00. The van der Waals surface area contributed by atoms with Crippen molar-refractivity contribution in [3.05, 3.63) is 63.7 Å². The average Bonchev–Trinajstić information content (AvgIpc) is 2.94. The fourth-order valence-corrected chi connectivity index (χ4v) is 3.00. The Hall–Kier alpha value is -3.42. The van der Waals surface area contributed by atoms with E-state index in [4.69, 9.17) is 4.74 Å². The molecule has 140 valence electrons. The van der Waals surface area contributed by atoms with E-state index in [9.17, 15) is 24.8 Å². The van der Waals surface area contributed by atoms with Crippen molar-refractivity contribution >= 4 is 17.6 Å². The highest BCUT2D eigenvalue weighted by Crippen LogP contribution is 2.30. The number of benzene rings is 2. The number of carbonyl (C=O) groups is 2. The number of carboxylic acids is 1. The largest absolute Gasteiger partial charge is 0.478 e. The van der Waals surface area contributed by atoms with Crippen molar-refractivity contribution < 1.29 is 24.4 Å². The van der Waals surface area contributed by atoms with Gasteiger partial charge in [-0.1, -0.05) is 13.0 Å². The quantitative estimate of drug-likeness (QED) is 0.616. The molecule has 2 aromatic carbocycles. The summed E-state index contributed by atoms with van der Waals surface area (Å²) in [6.07, 6.45) is 0.492. The van der Waals surface area contributed by atoms with Gasteiger partial charge in [-0.05, 0) is 30.2 Å². The van der Waals surface area contributed by atoms with Crippen molar-refractivity contribution in [1.29, 1.82) is 0 Å². The van der Waals surface area contributed by atoms with E-state index >= 15 is 0 Å². The van der Waals surface area contributed by atoms with E-state index in [1.165, 1.54) is 36.4 Å². The minimum atomic E-state index is -1.10. The number of amides is 1. The molecule has 8 heteroatoms. The van der Waals surface area contributed by atoms with Crippen LogP contribution < -0.4 is 4.74 Å². The van der Waals surface area contributed by atoms with Crippen LogP contribution in [0.1, 0.15) is 29.3 Å². The minimum absolute atomic E-state index is 0.0473. The number of non-ortho nitro benzene ring substituents is 1. The molecule has 1 saturated heterocycles. The number of ether oxygens (including phenoxy) is 1. The predicted molar refractivity (Wildman–Crippen MR) is 95.8 cm³/mol. The Balaban J connectivity index is 1.88.